The summed E-state index contributed by atoms with van der Waals surface area (Å²) in [5.74, 6) is 0. The molecule has 0 saturated carbocycles. The first-order valence-corrected chi connectivity index (χ1v) is 20.0. The molecule has 2 nitrogen and oxygen atoms in total. The van der Waals surface area contributed by atoms with Gasteiger partial charge in [0.25, 0.3) is 0 Å². The van der Waals surface area contributed by atoms with Crippen LogP contribution in [0.2, 0.25) is 0 Å². The molecule has 1 heterocycles. The van der Waals surface area contributed by atoms with Crippen molar-refractivity contribution in [1.29, 1.82) is 0 Å². The lowest BCUT2D eigenvalue weighted by molar-refractivity contribution is 0.971. The largest absolute Gasteiger partial charge is 0.311 e. The molecule has 0 radical (unpaired) electrons. The maximum atomic E-state index is 2.44. The number of allylic oxidation sites excluding steroid dienone is 12. The van der Waals surface area contributed by atoms with Crippen LogP contribution in [0.3, 0.4) is 0 Å². The van der Waals surface area contributed by atoms with Crippen molar-refractivity contribution in [2.75, 3.05) is 4.90 Å². The summed E-state index contributed by atoms with van der Waals surface area (Å²) in [6.07, 6.45) is 29.1. The number of benzene rings is 6. The second kappa shape index (κ2) is 14.2. The van der Waals surface area contributed by atoms with E-state index in [1.165, 1.54) is 82.8 Å². The normalized spacial score (nSPS) is 15.1. The SMILES string of the molecule is Cc1c2c(c3ccc(N(C4=CCC=C(c5ccc6c(c5)c5ccccc5n6C5=CC=CCC=C5)C=C4)c4ccc(-c5ccccc5)cc4)cc3c1C)C=CCC2. The van der Waals surface area contributed by atoms with Crippen molar-refractivity contribution in [3.05, 3.63) is 210 Å². The molecule has 0 atom stereocenters. The van der Waals surface area contributed by atoms with Gasteiger partial charge in [-0.2, -0.15) is 0 Å². The number of hydrogen-bond donors (Lipinski definition) is 0. The first-order valence-electron chi connectivity index (χ1n) is 20.0. The molecule has 0 amide bonds. The number of hydrogen-bond acceptors (Lipinski definition) is 1. The van der Waals surface area contributed by atoms with E-state index in [1.54, 1.807) is 0 Å². The molecule has 0 aliphatic heterocycles. The van der Waals surface area contributed by atoms with Gasteiger partial charge < -0.3 is 9.47 Å². The summed E-state index contributed by atoms with van der Waals surface area (Å²) in [6.45, 7) is 4.61. The number of para-hydroxylation sites is 1. The molecule has 10 rings (SSSR count). The van der Waals surface area contributed by atoms with E-state index in [0.717, 1.165) is 42.8 Å². The van der Waals surface area contributed by atoms with Crippen molar-refractivity contribution in [2.24, 2.45) is 0 Å². The Kier molecular flexibility index (Phi) is 8.60. The quantitative estimate of drug-likeness (QED) is 0.166. The Bertz CT molecular complexity index is 2900. The highest BCUT2D eigenvalue weighted by molar-refractivity contribution is 6.11. The number of rotatable bonds is 6. The average Bonchev–Trinajstić information content (AvgIpc) is 3.47. The molecule has 0 unspecified atom stereocenters. The Morgan fingerprint density at radius 3 is 2.21 bits per heavy atom. The zero-order valence-corrected chi connectivity index (χ0v) is 32.0. The molecule has 270 valence electrons. The lowest BCUT2D eigenvalue weighted by Crippen LogP contribution is -2.15. The molecule has 0 fully saturated rings. The number of aryl methyl sites for hydroxylation is 1. The van der Waals surface area contributed by atoms with Crippen molar-refractivity contribution in [1.82, 2.24) is 4.57 Å². The van der Waals surface area contributed by atoms with Gasteiger partial charge in [0.1, 0.15) is 0 Å². The van der Waals surface area contributed by atoms with Gasteiger partial charge in [0.2, 0.25) is 0 Å². The minimum atomic E-state index is 0.824. The lowest BCUT2D eigenvalue weighted by Gasteiger charge is -2.28. The molecule has 3 aliphatic carbocycles. The molecule has 1 aromatic heterocycles. The van der Waals surface area contributed by atoms with Crippen LogP contribution in [0.5, 0.6) is 0 Å². The van der Waals surface area contributed by atoms with E-state index in [2.05, 4.69) is 205 Å². The molecule has 56 heavy (non-hydrogen) atoms. The van der Waals surface area contributed by atoms with E-state index in [9.17, 15) is 0 Å². The van der Waals surface area contributed by atoms with Crippen molar-refractivity contribution in [2.45, 2.75) is 39.5 Å². The Morgan fingerprint density at radius 1 is 0.536 bits per heavy atom. The maximum Gasteiger partial charge on any atom is 0.0541 e. The molecule has 0 bridgehead atoms. The first kappa shape index (κ1) is 33.9. The highest BCUT2D eigenvalue weighted by Crippen LogP contribution is 2.41. The average molecular weight is 721 g/mol. The third-order valence-electron chi connectivity index (χ3n) is 12.0. The Balaban J connectivity index is 1.06. The smallest absolute Gasteiger partial charge is 0.0541 e. The fourth-order valence-electron chi connectivity index (χ4n) is 8.98. The van der Waals surface area contributed by atoms with E-state index in [1.807, 2.05) is 0 Å². The van der Waals surface area contributed by atoms with Gasteiger partial charge in [0.05, 0.1) is 11.0 Å². The number of nitrogens with zero attached hydrogens (tertiary/aromatic N) is 2. The second-order valence-corrected chi connectivity index (χ2v) is 15.2. The third-order valence-corrected chi connectivity index (χ3v) is 12.0. The van der Waals surface area contributed by atoms with Gasteiger partial charge in [0.15, 0.2) is 0 Å². The summed E-state index contributed by atoms with van der Waals surface area (Å²) in [5.41, 5.74) is 17.7. The molecule has 7 aromatic rings. The van der Waals surface area contributed by atoms with Crippen LogP contribution in [-0.2, 0) is 6.42 Å². The van der Waals surface area contributed by atoms with Crippen molar-refractivity contribution in [3.63, 3.8) is 0 Å². The molecule has 3 aliphatic rings. The molecule has 2 heteroatoms. The topological polar surface area (TPSA) is 8.17 Å². The van der Waals surface area contributed by atoms with Crippen molar-refractivity contribution in [3.8, 4) is 11.1 Å². The minimum absolute atomic E-state index is 0.824. The van der Waals surface area contributed by atoms with Crippen LogP contribution >= 0.6 is 0 Å². The third kappa shape index (κ3) is 5.90. The van der Waals surface area contributed by atoms with Gasteiger partial charge in [-0.15, -0.1) is 0 Å². The highest BCUT2D eigenvalue weighted by atomic mass is 15.1. The number of aromatic nitrogens is 1. The fraction of sp³-hybridized carbons (Fsp3) is 0.111. The van der Waals surface area contributed by atoms with E-state index < -0.39 is 0 Å². The summed E-state index contributed by atoms with van der Waals surface area (Å²) >= 11 is 0. The van der Waals surface area contributed by atoms with Crippen LogP contribution in [-0.4, -0.2) is 4.57 Å². The zero-order chi connectivity index (χ0) is 37.6. The Labute approximate surface area is 329 Å². The first-order chi connectivity index (χ1) is 27.6. The van der Waals surface area contributed by atoms with Gasteiger partial charge in [0, 0.05) is 33.5 Å². The molecule has 0 N–H and O–H groups in total. The summed E-state index contributed by atoms with van der Waals surface area (Å²) in [6, 6.07) is 42.5. The van der Waals surface area contributed by atoms with Crippen molar-refractivity contribution < 1.29 is 0 Å². The van der Waals surface area contributed by atoms with Crippen LogP contribution in [0.4, 0.5) is 11.4 Å². The predicted molar refractivity (Wildman–Crippen MR) is 241 cm³/mol. The van der Waals surface area contributed by atoms with Crippen LogP contribution < -0.4 is 4.90 Å². The number of fused-ring (bicyclic) bond motifs is 6. The zero-order valence-electron chi connectivity index (χ0n) is 32.0. The van der Waals surface area contributed by atoms with Gasteiger partial charge in [-0.05, 0) is 156 Å². The van der Waals surface area contributed by atoms with Gasteiger partial charge in [-0.1, -0.05) is 121 Å². The Hall–Kier alpha value is -6.64. The summed E-state index contributed by atoms with van der Waals surface area (Å²) < 4.78 is 2.40. The highest BCUT2D eigenvalue weighted by Gasteiger charge is 2.20. The van der Waals surface area contributed by atoms with E-state index in [0.29, 0.717) is 0 Å². The van der Waals surface area contributed by atoms with E-state index in [4.69, 9.17) is 0 Å². The maximum absolute atomic E-state index is 2.44. The van der Waals surface area contributed by atoms with Crippen LogP contribution in [0.15, 0.2) is 182 Å². The monoisotopic (exact) mass is 720 g/mol. The minimum Gasteiger partial charge on any atom is -0.311 e. The van der Waals surface area contributed by atoms with E-state index >= 15 is 0 Å². The van der Waals surface area contributed by atoms with Gasteiger partial charge in [-0.25, -0.2) is 0 Å². The molecule has 6 aromatic carbocycles. The number of anilines is 2. The van der Waals surface area contributed by atoms with Crippen LogP contribution in [0.25, 0.3) is 61.1 Å². The van der Waals surface area contributed by atoms with Gasteiger partial charge >= 0.3 is 0 Å². The van der Waals surface area contributed by atoms with Crippen molar-refractivity contribution >= 4 is 61.3 Å². The Morgan fingerprint density at radius 2 is 1.32 bits per heavy atom. The summed E-state index contributed by atoms with van der Waals surface area (Å²) in [7, 11) is 0. The second-order valence-electron chi connectivity index (χ2n) is 15.2. The summed E-state index contributed by atoms with van der Waals surface area (Å²) in [4.78, 5) is 2.44. The lowest BCUT2D eigenvalue weighted by atomic mass is 9.85. The van der Waals surface area contributed by atoms with Crippen LogP contribution in [0, 0.1) is 13.8 Å². The predicted octanol–water partition coefficient (Wildman–Crippen LogP) is 14.6. The van der Waals surface area contributed by atoms with Gasteiger partial charge in [-0.3, -0.25) is 0 Å². The fourth-order valence-corrected chi connectivity index (χ4v) is 8.98. The van der Waals surface area contributed by atoms with E-state index in [-0.39, 0.29) is 0 Å². The standard InChI is InChI=1S/C54H44N2/c1-37-38(2)51-36-46(32-33-49(51)48-22-11-10-21-47(37)48)55(45-30-26-41(27-31-45)39-15-6-5-7-16-39)44-20-14-17-40(25-29-44)42-28-34-54-52(35-42)50-23-12-13-24-53(50)56(54)43-18-8-3-4-9-19-43/h3,5-9,11-13,15-20,22-36H,4,10,14,21H2,1-2H3. The summed E-state index contributed by atoms with van der Waals surface area (Å²) in [5, 5.41) is 5.21. The molecular weight excluding hydrogens is 677 g/mol. The molecule has 0 spiro atoms. The molecule has 0 saturated heterocycles. The molecular formula is C54H44N2. The van der Waals surface area contributed by atoms with Crippen LogP contribution in [0.1, 0.15) is 47.1 Å².